The van der Waals surface area contributed by atoms with Crippen molar-refractivity contribution in [1.82, 2.24) is 10.0 Å². The fourth-order valence-corrected chi connectivity index (χ4v) is 4.75. The highest BCUT2D eigenvalue weighted by Crippen LogP contribution is 2.22. The number of aliphatic imine (C=N–C) groups is 1. The molecular formula is C23H27ClN3O5S-. The van der Waals surface area contributed by atoms with Crippen LogP contribution < -0.4 is 19.9 Å². The summed E-state index contributed by atoms with van der Waals surface area (Å²) in [6.07, 6.45) is 5.23. The lowest BCUT2D eigenvalue weighted by atomic mass is 9.96. The molecule has 2 aromatic carbocycles. The highest BCUT2D eigenvalue weighted by molar-refractivity contribution is 7.90. The van der Waals surface area contributed by atoms with Crippen LogP contribution in [0.2, 0.25) is 5.02 Å². The summed E-state index contributed by atoms with van der Waals surface area (Å²) in [5.41, 5.74) is 1.16. The number of amides is 1. The third kappa shape index (κ3) is 7.10. The van der Waals surface area contributed by atoms with Crippen molar-refractivity contribution in [3.05, 3.63) is 58.6 Å². The minimum atomic E-state index is -4.00. The first-order valence-corrected chi connectivity index (χ1v) is 12.6. The molecule has 1 saturated carbocycles. The molecule has 178 valence electrons. The minimum absolute atomic E-state index is 0.0221. The highest BCUT2D eigenvalue weighted by Gasteiger charge is 2.16. The van der Waals surface area contributed by atoms with Crippen LogP contribution in [0.4, 0.5) is 0 Å². The van der Waals surface area contributed by atoms with Crippen LogP contribution in [-0.2, 0) is 16.4 Å². The molecule has 3 rings (SSSR count). The van der Waals surface area contributed by atoms with Gasteiger partial charge in [0.15, 0.2) is 0 Å². The Kier molecular flexibility index (Phi) is 8.57. The maximum Gasteiger partial charge on any atom is 0.262 e. The van der Waals surface area contributed by atoms with Crippen LogP contribution in [0.5, 0.6) is 5.75 Å². The summed E-state index contributed by atoms with van der Waals surface area (Å²) in [7, 11) is -2.52. The maximum atomic E-state index is 12.5. The first-order valence-electron chi connectivity index (χ1n) is 10.8. The summed E-state index contributed by atoms with van der Waals surface area (Å²) in [6, 6.07) is 9.98. The number of hydrogen-bond acceptors (Lipinski definition) is 6. The molecule has 0 unspecified atom stereocenters. The van der Waals surface area contributed by atoms with E-state index in [1.54, 1.807) is 24.3 Å². The van der Waals surface area contributed by atoms with Crippen LogP contribution in [0.15, 0.2) is 52.4 Å². The molecule has 1 aliphatic carbocycles. The van der Waals surface area contributed by atoms with Crippen LogP contribution in [0.3, 0.4) is 0 Å². The largest absolute Gasteiger partial charge is 0.846 e. The van der Waals surface area contributed by atoms with E-state index in [9.17, 15) is 18.3 Å². The second-order valence-corrected chi connectivity index (χ2v) is 9.94. The number of hydrogen-bond donors (Lipinski definition) is 2. The van der Waals surface area contributed by atoms with Crippen LogP contribution in [0, 0.1) is 0 Å². The summed E-state index contributed by atoms with van der Waals surface area (Å²) in [5.74, 6) is 0.0988. The molecular weight excluding hydrogens is 466 g/mol. The average molecular weight is 493 g/mol. The Balaban J connectivity index is 1.55. The van der Waals surface area contributed by atoms with Crippen molar-refractivity contribution < 1.29 is 23.1 Å². The Hall–Kier alpha value is -2.78. The van der Waals surface area contributed by atoms with E-state index in [2.05, 4.69) is 10.3 Å². The van der Waals surface area contributed by atoms with E-state index in [-0.39, 0.29) is 16.8 Å². The van der Waals surface area contributed by atoms with Gasteiger partial charge in [0.1, 0.15) is 5.75 Å². The van der Waals surface area contributed by atoms with E-state index >= 15 is 0 Å². The van der Waals surface area contributed by atoms with Gasteiger partial charge in [-0.3, -0.25) is 14.5 Å². The number of halogens is 1. The van der Waals surface area contributed by atoms with Crippen molar-refractivity contribution in [1.29, 1.82) is 0 Å². The van der Waals surface area contributed by atoms with Crippen molar-refractivity contribution in [2.75, 3.05) is 13.7 Å². The second-order valence-electron chi connectivity index (χ2n) is 7.83. The van der Waals surface area contributed by atoms with Crippen molar-refractivity contribution in [2.45, 2.75) is 49.5 Å². The number of nitrogens with zero attached hydrogens (tertiary/aromatic N) is 1. The van der Waals surface area contributed by atoms with Gasteiger partial charge in [-0.15, -0.1) is 0 Å². The number of carbonyl (C=O) groups is 1. The highest BCUT2D eigenvalue weighted by atomic mass is 35.5. The first-order chi connectivity index (χ1) is 15.8. The van der Waals surface area contributed by atoms with Crippen molar-refractivity contribution in [2.24, 2.45) is 4.99 Å². The molecule has 1 fully saturated rings. The molecule has 0 spiro atoms. The maximum absolute atomic E-state index is 12.5. The van der Waals surface area contributed by atoms with Crippen molar-refractivity contribution >= 4 is 33.6 Å². The molecule has 0 aromatic heterocycles. The quantitative estimate of drug-likeness (QED) is 0.433. The van der Waals surface area contributed by atoms with E-state index in [1.165, 1.54) is 25.3 Å². The number of ether oxygens (including phenoxy) is 1. The molecule has 2 aromatic rings. The predicted octanol–water partition coefficient (Wildman–Crippen LogP) is 2.65. The van der Waals surface area contributed by atoms with E-state index in [4.69, 9.17) is 16.3 Å². The third-order valence-corrected chi connectivity index (χ3v) is 7.01. The zero-order valence-corrected chi connectivity index (χ0v) is 19.9. The normalized spacial score (nSPS) is 15.2. The first kappa shape index (κ1) is 24.9. The molecule has 8 nitrogen and oxygen atoms in total. The lowest BCUT2D eigenvalue weighted by Crippen LogP contribution is -2.40. The van der Waals surface area contributed by atoms with Gasteiger partial charge >= 0.3 is 0 Å². The smallest absolute Gasteiger partial charge is 0.262 e. The Morgan fingerprint density at radius 2 is 1.85 bits per heavy atom. The minimum Gasteiger partial charge on any atom is -0.846 e. The number of methoxy groups -OCH3 is 1. The molecule has 0 atom stereocenters. The predicted molar refractivity (Wildman–Crippen MR) is 125 cm³/mol. The number of rotatable bonds is 8. The SMILES string of the molecule is COc1ccc(Cl)cc1C(=O)NCCc1ccc(S(=O)(=O)NC([O-])=NC2CCCCC2)cc1. The Morgan fingerprint density at radius 3 is 2.52 bits per heavy atom. The topological polar surface area (TPSA) is 120 Å². The zero-order chi connectivity index (χ0) is 23.8. The second kappa shape index (κ2) is 11.4. The summed E-state index contributed by atoms with van der Waals surface area (Å²) in [5, 5.41) is 15.3. The Bertz CT molecular complexity index is 1100. The standard InChI is InChI=1S/C23H28ClN3O5S/c1-32-21-12-9-17(24)15-20(21)22(28)25-14-13-16-7-10-19(11-8-16)33(30,31)27-23(29)26-18-5-3-2-4-6-18/h7-12,15,18H,2-6,13-14H2,1H3,(H,25,28)(H2,26,27,29)/p-1. The van der Waals surface area contributed by atoms with Gasteiger partial charge in [0, 0.05) is 11.6 Å². The van der Waals surface area contributed by atoms with Crippen LogP contribution in [0.25, 0.3) is 0 Å². The molecule has 0 aliphatic heterocycles. The van der Waals surface area contributed by atoms with Gasteiger partial charge in [-0.05, 0) is 55.2 Å². The van der Waals surface area contributed by atoms with Gasteiger partial charge in [0.05, 0.1) is 29.6 Å². The van der Waals surface area contributed by atoms with Gasteiger partial charge in [0.2, 0.25) is 0 Å². The summed E-state index contributed by atoms with van der Waals surface area (Å²) in [6.45, 7) is 0.331. The van der Waals surface area contributed by atoms with Gasteiger partial charge in [-0.25, -0.2) is 8.42 Å². The van der Waals surface area contributed by atoms with E-state index in [1.807, 2.05) is 4.72 Å². The number of benzene rings is 2. The fourth-order valence-electron chi connectivity index (χ4n) is 3.68. The van der Waals surface area contributed by atoms with Gasteiger partial charge < -0.3 is 15.2 Å². The molecule has 0 saturated heterocycles. The third-order valence-electron chi connectivity index (χ3n) is 5.44. The lowest BCUT2D eigenvalue weighted by Gasteiger charge is -2.21. The molecule has 0 bridgehead atoms. The molecule has 33 heavy (non-hydrogen) atoms. The fraction of sp³-hybridized carbons (Fsp3) is 0.391. The molecule has 0 heterocycles. The van der Waals surface area contributed by atoms with E-state index in [0.717, 1.165) is 37.7 Å². The zero-order valence-electron chi connectivity index (χ0n) is 18.3. The molecule has 0 radical (unpaired) electrons. The van der Waals surface area contributed by atoms with E-state index < -0.39 is 16.0 Å². The number of carbonyl (C=O) groups excluding carboxylic acids is 1. The molecule has 1 aliphatic rings. The van der Waals surface area contributed by atoms with Gasteiger partial charge in [0.25, 0.3) is 15.9 Å². The van der Waals surface area contributed by atoms with E-state index in [0.29, 0.717) is 29.3 Å². The van der Waals surface area contributed by atoms with Crippen molar-refractivity contribution in [3.63, 3.8) is 0 Å². The molecule has 2 N–H and O–H groups in total. The molecule has 1 amide bonds. The Morgan fingerprint density at radius 1 is 1.15 bits per heavy atom. The Labute approximate surface area is 199 Å². The van der Waals surface area contributed by atoms with Gasteiger partial charge in [-0.2, -0.15) is 0 Å². The summed E-state index contributed by atoms with van der Waals surface area (Å²) >= 11 is 5.96. The number of sulfonamides is 1. The van der Waals surface area contributed by atoms with Crippen LogP contribution in [0.1, 0.15) is 48.0 Å². The van der Waals surface area contributed by atoms with Crippen molar-refractivity contribution in [3.8, 4) is 5.75 Å². The summed E-state index contributed by atoms with van der Waals surface area (Å²) < 4.78 is 32.2. The lowest BCUT2D eigenvalue weighted by molar-refractivity contribution is -0.220. The van der Waals surface area contributed by atoms with Gasteiger partial charge in [-0.1, -0.05) is 43.0 Å². The molecule has 10 heteroatoms. The average Bonchev–Trinajstić information content (AvgIpc) is 2.79. The number of amidine groups is 1. The van der Waals surface area contributed by atoms with Crippen LogP contribution in [-0.4, -0.2) is 40.0 Å². The van der Waals surface area contributed by atoms with Crippen LogP contribution >= 0.6 is 11.6 Å². The number of nitrogens with one attached hydrogen (secondary N) is 2. The monoisotopic (exact) mass is 492 g/mol. The summed E-state index contributed by atoms with van der Waals surface area (Å²) in [4.78, 5) is 16.4.